The molecule has 1 fully saturated rings. The Morgan fingerprint density at radius 1 is 1.03 bits per heavy atom. The number of hydrogen-bond donors (Lipinski definition) is 1. The van der Waals surface area contributed by atoms with E-state index in [9.17, 15) is 19.2 Å². The molecule has 9 heteroatoms. The molecule has 9 nitrogen and oxygen atoms in total. The quantitative estimate of drug-likeness (QED) is 0.657. The second kappa shape index (κ2) is 9.80. The molecule has 0 saturated carbocycles. The van der Waals surface area contributed by atoms with Crippen molar-refractivity contribution in [3.8, 4) is 0 Å². The summed E-state index contributed by atoms with van der Waals surface area (Å²) in [6.45, 7) is 12.1. The van der Waals surface area contributed by atoms with Crippen LogP contribution >= 0.6 is 0 Å². The lowest BCUT2D eigenvalue weighted by Gasteiger charge is -2.43. The van der Waals surface area contributed by atoms with Gasteiger partial charge in [0, 0.05) is 43.7 Å². The Balaban J connectivity index is 1.74. The number of hydrogen-bond acceptors (Lipinski definition) is 6. The van der Waals surface area contributed by atoms with Gasteiger partial charge in [0.15, 0.2) is 0 Å². The van der Waals surface area contributed by atoms with Crippen molar-refractivity contribution in [2.75, 3.05) is 13.1 Å². The van der Waals surface area contributed by atoms with Crippen molar-refractivity contribution < 1.29 is 23.9 Å². The first-order valence-corrected chi connectivity index (χ1v) is 11.9. The number of aromatic nitrogens is 1. The van der Waals surface area contributed by atoms with E-state index >= 15 is 0 Å². The van der Waals surface area contributed by atoms with Gasteiger partial charge in [0.05, 0.1) is 0 Å². The molecule has 2 aliphatic heterocycles. The fourth-order valence-electron chi connectivity index (χ4n) is 4.66. The number of alkyl carbamates (subject to hydrolysis) is 1. The minimum atomic E-state index is -0.917. The van der Waals surface area contributed by atoms with Crippen LogP contribution in [0.3, 0.4) is 0 Å². The number of rotatable bonds is 5. The third-order valence-corrected chi connectivity index (χ3v) is 5.84. The fraction of sp³-hybridized carbons (Fsp3) is 0.680. The molecular formula is C25H37N3O6. The van der Waals surface area contributed by atoms with Gasteiger partial charge >= 0.3 is 12.1 Å². The number of carbonyl (C=O) groups is 3. The van der Waals surface area contributed by atoms with E-state index in [2.05, 4.69) is 5.32 Å². The van der Waals surface area contributed by atoms with Gasteiger partial charge in [-0.1, -0.05) is 6.07 Å². The number of amides is 2. The molecule has 1 saturated heterocycles. The predicted octanol–water partition coefficient (Wildman–Crippen LogP) is 2.81. The summed E-state index contributed by atoms with van der Waals surface area (Å²) in [4.78, 5) is 52.3. The molecule has 2 bridgehead atoms. The van der Waals surface area contributed by atoms with Crippen LogP contribution in [-0.2, 0) is 25.6 Å². The third kappa shape index (κ3) is 6.84. The number of piperidine rings is 1. The highest BCUT2D eigenvalue weighted by atomic mass is 16.6. The highest BCUT2D eigenvalue weighted by Crippen LogP contribution is 2.35. The van der Waals surface area contributed by atoms with E-state index in [1.54, 1.807) is 63.1 Å². The first-order chi connectivity index (χ1) is 15.7. The highest BCUT2D eigenvalue weighted by Gasteiger charge is 2.38. The van der Waals surface area contributed by atoms with Crippen LogP contribution in [0.1, 0.15) is 72.4 Å². The predicted molar refractivity (Wildman–Crippen MR) is 126 cm³/mol. The first kappa shape index (κ1) is 25.8. The van der Waals surface area contributed by atoms with Gasteiger partial charge in [-0.25, -0.2) is 4.79 Å². The van der Waals surface area contributed by atoms with Crippen LogP contribution in [0, 0.1) is 5.92 Å². The number of ether oxygens (including phenoxy) is 2. The Labute approximate surface area is 200 Å². The zero-order valence-corrected chi connectivity index (χ0v) is 21.1. The van der Waals surface area contributed by atoms with Crippen molar-refractivity contribution in [2.45, 2.75) is 90.5 Å². The molecule has 3 atom stereocenters. The number of fused-ring (bicyclic) bond motifs is 4. The summed E-state index contributed by atoms with van der Waals surface area (Å²) < 4.78 is 12.5. The Morgan fingerprint density at radius 2 is 1.71 bits per heavy atom. The normalized spacial score (nSPS) is 20.7. The molecule has 0 spiro atoms. The van der Waals surface area contributed by atoms with Gasteiger partial charge < -0.3 is 24.3 Å². The van der Waals surface area contributed by atoms with E-state index in [0.29, 0.717) is 19.6 Å². The molecule has 1 N–H and O–H groups in total. The average molecular weight is 476 g/mol. The smallest absolute Gasteiger partial charge is 0.408 e. The molecule has 3 rings (SSSR count). The maximum Gasteiger partial charge on any atom is 0.408 e. The molecule has 3 heterocycles. The second-order valence-corrected chi connectivity index (χ2v) is 11.3. The molecule has 0 radical (unpaired) electrons. The Morgan fingerprint density at radius 3 is 2.35 bits per heavy atom. The topological polar surface area (TPSA) is 107 Å². The lowest BCUT2D eigenvalue weighted by Crippen LogP contribution is -2.55. The van der Waals surface area contributed by atoms with Crippen molar-refractivity contribution in [3.63, 3.8) is 0 Å². The van der Waals surface area contributed by atoms with Gasteiger partial charge in [0.2, 0.25) is 5.91 Å². The molecule has 0 aromatic carbocycles. The monoisotopic (exact) mass is 475 g/mol. The van der Waals surface area contributed by atoms with Crippen molar-refractivity contribution in [2.24, 2.45) is 5.92 Å². The summed E-state index contributed by atoms with van der Waals surface area (Å²) in [7, 11) is 0. The number of esters is 1. The zero-order valence-electron chi connectivity index (χ0n) is 21.1. The van der Waals surface area contributed by atoms with Crippen molar-refractivity contribution in [1.82, 2.24) is 14.8 Å². The van der Waals surface area contributed by atoms with Crippen LogP contribution < -0.4 is 10.9 Å². The maximum atomic E-state index is 13.5. The maximum absolute atomic E-state index is 13.5. The van der Waals surface area contributed by atoms with Gasteiger partial charge in [-0.15, -0.1) is 0 Å². The summed E-state index contributed by atoms with van der Waals surface area (Å²) in [6, 6.07) is 4.34. The molecule has 1 aromatic rings. The molecule has 0 aliphatic carbocycles. The summed E-state index contributed by atoms with van der Waals surface area (Å²) in [6.07, 6.45) is 0.302. The van der Waals surface area contributed by atoms with E-state index < -0.39 is 29.3 Å². The van der Waals surface area contributed by atoms with Crippen LogP contribution in [0.25, 0.3) is 0 Å². The number of nitrogens with one attached hydrogen (secondary N) is 1. The van der Waals surface area contributed by atoms with Gasteiger partial charge in [-0.2, -0.15) is 0 Å². The molecule has 34 heavy (non-hydrogen) atoms. The third-order valence-electron chi connectivity index (χ3n) is 5.84. The van der Waals surface area contributed by atoms with Gasteiger partial charge in [-0.05, 0) is 66.4 Å². The van der Waals surface area contributed by atoms with E-state index in [1.807, 2.05) is 6.07 Å². The van der Waals surface area contributed by atoms with Crippen molar-refractivity contribution >= 4 is 18.0 Å². The van der Waals surface area contributed by atoms with Crippen LogP contribution in [0.15, 0.2) is 23.0 Å². The van der Waals surface area contributed by atoms with E-state index in [1.165, 1.54) is 0 Å². The van der Waals surface area contributed by atoms with Gasteiger partial charge in [0.1, 0.15) is 17.2 Å². The summed E-state index contributed by atoms with van der Waals surface area (Å²) in [5.74, 6) is -0.474. The minimum Gasteiger partial charge on any atom is -0.460 e. The number of likely N-dealkylation sites (tertiary alicyclic amines) is 1. The molecular weight excluding hydrogens is 438 g/mol. The second-order valence-electron chi connectivity index (χ2n) is 11.3. The average Bonchev–Trinajstić information content (AvgIpc) is 2.68. The number of pyridine rings is 1. The van der Waals surface area contributed by atoms with Crippen LogP contribution in [0.5, 0.6) is 0 Å². The molecule has 188 valence electrons. The lowest BCUT2D eigenvalue weighted by molar-refractivity contribution is -0.155. The molecule has 0 unspecified atom stereocenters. The SMILES string of the molecule is CC(C)(C)OC(=O)CC[C@H](NC(=O)OC(C)(C)C)C(=O)N1C[C@H]2C[C@H](C1)c1cccc(=O)n1C2. The summed E-state index contributed by atoms with van der Waals surface area (Å²) in [5.41, 5.74) is -0.437. The minimum absolute atomic E-state index is 0.0115. The van der Waals surface area contributed by atoms with Crippen LogP contribution in [-0.4, -0.2) is 57.8 Å². The first-order valence-electron chi connectivity index (χ1n) is 11.9. The molecule has 1 aromatic heterocycles. The summed E-state index contributed by atoms with van der Waals surface area (Å²) >= 11 is 0. The molecule has 2 amide bonds. The summed E-state index contributed by atoms with van der Waals surface area (Å²) in [5, 5.41) is 2.67. The highest BCUT2D eigenvalue weighted by molar-refractivity contribution is 5.86. The van der Waals surface area contributed by atoms with Crippen LogP contribution in [0.2, 0.25) is 0 Å². The lowest BCUT2D eigenvalue weighted by atomic mass is 9.83. The van der Waals surface area contributed by atoms with E-state index in [-0.39, 0.29) is 36.1 Å². The van der Waals surface area contributed by atoms with Gasteiger partial charge in [-0.3, -0.25) is 14.4 Å². The largest absolute Gasteiger partial charge is 0.460 e. The number of carbonyl (C=O) groups excluding carboxylic acids is 3. The standard InChI is InChI=1S/C25H37N3O6/c1-24(2,3)33-21(30)11-10-18(26-23(32)34-25(4,5)6)22(31)27-13-16-12-17(15-27)19-8-7-9-20(29)28(19)14-16/h7-9,16-18H,10-15H2,1-6H3,(H,26,32)/t16-,17-,18+/m1/s1. The Kier molecular flexibility index (Phi) is 7.43. The van der Waals surface area contributed by atoms with E-state index in [4.69, 9.17) is 9.47 Å². The number of nitrogens with zero attached hydrogens (tertiary/aromatic N) is 2. The Bertz CT molecular complexity index is 988. The van der Waals surface area contributed by atoms with Gasteiger partial charge in [0.25, 0.3) is 5.56 Å². The Hall–Kier alpha value is -2.84. The van der Waals surface area contributed by atoms with E-state index in [0.717, 1.165) is 12.1 Å². The van der Waals surface area contributed by atoms with Crippen LogP contribution in [0.4, 0.5) is 4.79 Å². The van der Waals surface area contributed by atoms with Crippen molar-refractivity contribution in [1.29, 1.82) is 0 Å². The molecule has 2 aliphatic rings. The fourth-order valence-corrected chi connectivity index (χ4v) is 4.66. The zero-order chi connectivity index (χ0) is 25.3. The van der Waals surface area contributed by atoms with Crippen molar-refractivity contribution in [3.05, 3.63) is 34.2 Å².